The third kappa shape index (κ3) is 2.87. The van der Waals surface area contributed by atoms with Gasteiger partial charge in [0.05, 0.1) is 11.6 Å². The standard InChI is InChI=1S/C15H17ClN2O/c1-3-11-5-7-12(8-6-11)14-9-13(10-16)15(19)18(4-2)17-14/h5-9H,3-4,10H2,1-2H3. The van der Waals surface area contributed by atoms with Crippen molar-refractivity contribution in [1.29, 1.82) is 0 Å². The average molecular weight is 277 g/mol. The Morgan fingerprint density at radius 3 is 2.42 bits per heavy atom. The van der Waals surface area contributed by atoms with E-state index in [0.717, 1.165) is 17.7 Å². The normalized spacial score (nSPS) is 10.7. The minimum absolute atomic E-state index is 0.105. The lowest BCUT2D eigenvalue weighted by atomic mass is 10.1. The molecule has 0 N–H and O–H groups in total. The monoisotopic (exact) mass is 276 g/mol. The number of rotatable bonds is 4. The van der Waals surface area contributed by atoms with Crippen LogP contribution in [0.2, 0.25) is 0 Å². The van der Waals surface area contributed by atoms with E-state index in [0.29, 0.717) is 12.1 Å². The summed E-state index contributed by atoms with van der Waals surface area (Å²) in [6.45, 7) is 4.57. The van der Waals surface area contributed by atoms with Crippen molar-refractivity contribution < 1.29 is 0 Å². The van der Waals surface area contributed by atoms with E-state index < -0.39 is 0 Å². The molecule has 0 unspecified atom stereocenters. The minimum Gasteiger partial charge on any atom is -0.267 e. The van der Waals surface area contributed by atoms with Crippen LogP contribution in [0, 0.1) is 0 Å². The Morgan fingerprint density at radius 2 is 1.89 bits per heavy atom. The molecule has 1 aromatic heterocycles. The van der Waals surface area contributed by atoms with Gasteiger partial charge in [-0.2, -0.15) is 5.10 Å². The molecule has 0 radical (unpaired) electrons. The maximum atomic E-state index is 11.9. The highest BCUT2D eigenvalue weighted by Crippen LogP contribution is 2.18. The van der Waals surface area contributed by atoms with Crippen molar-refractivity contribution in [2.45, 2.75) is 32.7 Å². The predicted octanol–water partition coefficient (Wildman–Crippen LogP) is 3.23. The van der Waals surface area contributed by atoms with Gasteiger partial charge in [-0.3, -0.25) is 4.79 Å². The third-order valence-corrected chi connectivity index (χ3v) is 3.44. The Balaban J connectivity index is 2.51. The molecule has 2 rings (SSSR count). The zero-order valence-electron chi connectivity index (χ0n) is 11.2. The largest absolute Gasteiger partial charge is 0.271 e. The van der Waals surface area contributed by atoms with Gasteiger partial charge in [0.15, 0.2) is 0 Å². The SMILES string of the molecule is CCc1ccc(-c2cc(CCl)c(=O)n(CC)n2)cc1. The summed E-state index contributed by atoms with van der Waals surface area (Å²) in [5, 5.41) is 4.37. The molecule has 0 fully saturated rings. The van der Waals surface area contributed by atoms with Crippen molar-refractivity contribution in [2.75, 3.05) is 0 Å². The molecule has 2 aromatic rings. The van der Waals surface area contributed by atoms with Crippen LogP contribution in [0.25, 0.3) is 11.3 Å². The van der Waals surface area contributed by atoms with Crippen LogP contribution in [0.5, 0.6) is 0 Å². The maximum absolute atomic E-state index is 11.9. The molecule has 3 nitrogen and oxygen atoms in total. The first-order valence-electron chi connectivity index (χ1n) is 6.45. The van der Waals surface area contributed by atoms with Gasteiger partial charge in [-0.1, -0.05) is 31.2 Å². The zero-order valence-corrected chi connectivity index (χ0v) is 11.9. The fourth-order valence-electron chi connectivity index (χ4n) is 1.96. The van der Waals surface area contributed by atoms with Gasteiger partial charge in [0.2, 0.25) is 0 Å². The number of hydrogen-bond donors (Lipinski definition) is 0. The van der Waals surface area contributed by atoms with E-state index in [1.54, 1.807) is 6.07 Å². The topological polar surface area (TPSA) is 34.9 Å². The molecule has 19 heavy (non-hydrogen) atoms. The Bertz CT molecular complexity index is 589. The quantitative estimate of drug-likeness (QED) is 0.804. The van der Waals surface area contributed by atoms with E-state index in [-0.39, 0.29) is 11.4 Å². The molecular formula is C15H17ClN2O. The van der Waals surface area contributed by atoms with Crippen LogP contribution in [-0.2, 0) is 18.8 Å². The molecule has 0 amide bonds. The molecule has 0 aliphatic carbocycles. The number of halogens is 1. The Kier molecular flexibility index (Phi) is 4.38. The second-order valence-corrected chi connectivity index (χ2v) is 4.63. The first kappa shape index (κ1) is 13.8. The maximum Gasteiger partial charge on any atom is 0.271 e. The number of alkyl halides is 1. The van der Waals surface area contributed by atoms with Crippen LogP contribution in [0.3, 0.4) is 0 Å². The van der Waals surface area contributed by atoms with Gasteiger partial charge in [0, 0.05) is 17.7 Å². The number of hydrogen-bond acceptors (Lipinski definition) is 2. The zero-order chi connectivity index (χ0) is 13.8. The molecule has 4 heteroatoms. The van der Waals surface area contributed by atoms with E-state index in [9.17, 15) is 4.79 Å². The molecule has 1 aromatic carbocycles. The second-order valence-electron chi connectivity index (χ2n) is 4.36. The summed E-state index contributed by atoms with van der Waals surface area (Å²) in [6.07, 6.45) is 1.01. The Labute approximate surface area is 117 Å². The van der Waals surface area contributed by atoms with Crippen molar-refractivity contribution in [3.05, 3.63) is 51.8 Å². The predicted molar refractivity (Wildman–Crippen MR) is 78.5 cm³/mol. The molecule has 0 spiro atoms. The van der Waals surface area contributed by atoms with Gasteiger partial charge in [0.25, 0.3) is 5.56 Å². The molecule has 0 bridgehead atoms. The Morgan fingerprint density at radius 1 is 1.21 bits per heavy atom. The molecule has 0 aliphatic heterocycles. The smallest absolute Gasteiger partial charge is 0.267 e. The van der Waals surface area contributed by atoms with Crippen LogP contribution in [0.15, 0.2) is 35.1 Å². The summed E-state index contributed by atoms with van der Waals surface area (Å²) in [7, 11) is 0. The van der Waals surface area contributed by atoms with Gasteiger partial charge < -0.3 is 0 Å². The fourth-order valence-corrected chi connectivity index (χ4v) is 2.15. The van der Waals surface area contributed by atoms with Crippen LogP contribution < -0.4 is 5.56 Å². The van der Waals surface area contributed by atoms with Gasteiger partial charge in [0.1, 0.15) is 0 Å². The lowest BCUT2D eigenvalue weighted by Crippen LogP contribution is -2.25. The molecule has 100 valence electrons. The van der Waals surface area contributed by atoms with Gasteiger partial charge in [-0.25, -0.2) is 4.68 Å². The van der Waals surface area contributed by atoms with Gasteiger partial charge >= 0.3 is 0 Å². The van der Waals surface area contributed by atoms with Crippen LogP contribution >= 0.6 is 11.6 Å². The summed E-state index contributed by atoms with van der Waals surface area (Å²) in [5.74, 6) is 0.210. The first-order chi connectivity index (χ1) is 9.19. The number of nitrogens with zero attached hydrogens (tertiary/aromatic N) is 2. The second kappa shape index (κ2) is 6.02. The summed E-state index contributed by atoms with van der Waals surface area (Å²) in [5.41, 5.74) is 3.56. The summed E-state index contributed by atoms with van der Waals surface area (Å²) in [6, 6.07) is 10.0. The average Bonchev–Trinajstić information content (AvgIpc) is 2.47. The van der Waals surface area contributed by atoms with Crippen molar-refractivity contribution >= 4 is 11.6 Å². The molecule has 0 saturated carbocycles. The highest BCUT2D eigenvalue weighted by Gasteiger charge is 2.08. The van der Waals surface area contributed by atoms with Crippen LogP contribution in [0.1, 0.15) is 25.0 Å². The van der Waals surface area contributed by atoms with Crippen molar-refractivity contribution in [1.82, 2.24) is 9.78 Å². The third-order valence-electron chi connectivity index (χ3n) is 3.15. The summed E-state index contributed by atoms with van der Waals surface area (Å²) in [4.78, 5) is 11.9. The van der Waals surface area contributed by atoms with E-state index in [2.05, 4.69) is 24.2 Å². The number of benzene rings is 1. The minimum atomic E-state index is -0.105. The van der Waals surface area contributed by atoms with E-state index in [1.165, 1.54) is 10.2 Å². The summed E-state index contributed by atoms with van der Waals surface area (Å²) >= 11 is 5.83. The van der Waals surface area contributed by atoms with Gasteiger partial charge in [-0.15, -0.1) is 11.6 Å². The molecule has 0 saturated heterocycles. The lowest BCUT2D eigenvalue weighted by Gasteiger charge is -2.08. The van der Waals surface area contributed by atoms with Crippen LogP contribution in [0.4, 0.5) is 0 Å². The van der Waals surface area contributed by atoms with Crippen LogP contribution in [-0.4, -0.2) is 9.78 Å². The van der Waals surface area contributed by atoms with Crippen molar-refractivity contribution in [3.63, 3.8) is 0 Å². The highest BCUT2D eigenvalue weighted by atomic mass is 35.5. The van der Waals surface area contributed by atoms with Crippen molar-refractivity contribution in [2.24, 2.45) is 0 Å². The van der Waals surface area contributed by atoms with E-state index in [4.69, 9.17) is 11.6 Å². The molecule has 1 heterocycles. The highest BCUT2D eigenvalue weighted by molar-refractivity contribution is 6.17. The molecule has 0 aliphatic rings. The summed E-state index contributed by atoms with van der Waals surface area (Å²) < 4.78 is 1.46. The Hall–Kier alpha value is -1.61. The lowest BCUT2D eigenvalue weighted by molar-refractivity contribution is 0.613. The number of aryl methyl sites for hydroxylation is 2. The first-order valence-corrected chi connectivity index (χ1v) is 6.99. The molecule has 0 atom stereocenters. The van der Waals surface area contributed by atoms with E-state index >= 15 is 0 Å². The van der Waals surface area contributed by atoms with E-state index in [1.807, 2.05) is 19.1 Å². The van der Waals surface area contributed by atoms with Gasteiger partial charge in [-0.05, 0) is 25.0 Å². The van der Waals surface area contributed by atoms with Crippen molar-refractivity contribution in [3.8, 4) is 11.3 Å². The molecular weight excluding hydrogens is 260 g/mol. The fraction of sp³-hybridized carbons (Fsp3) is 0.333. The number of aromatic nitrogens is 2.